The van der Waals surface area contributed by atoms with Gasteiger partial charge in [0.1, 0.15) is 6.04 Å². The van der Waals surface area contributed by atoms with Crippen LogP contribution in [0.3, 0.4) is 0 Å². The van der Waals surface area contributed by atoms with Crippen molar-refractivity contribution in [2.75, 3.05) is 24.6 Å². The maximum Gasteiger partial charge on any atom is 0.328 e. The number of aliphatic imine (C=N–C) groups is 1. The quantitative estimate of drug-likeness (QED) is 0.105. The summed E-state index contributed by atoms with van der Waals surface area (Å²) in [5, 5.41) is 19.0. The molecule has 1 atom stereocenters. The molecule has 4 rings (SSSR count). The lowest BCUT2D eigenvalue weighted by Crippen LogP contribution is -2.50. The Kier molecular flexibility index (Phi) is 11.4. The van der Waals surface area contributed by atoms with E-state index in [9.17, 15) is 24.3 Å². The molecule has 15 heteroatoms. The highest BCUT2D eigenvalue weighted by molar-refractivity contribution is 6.40. The van der Waals surface area contributed by atoms with Gasteiger partial charge in [0, 0.05) is 25.2 Å². The van der Waals surface area contributed by atoms with Gasteiger partial charge in [-0.15, -0.1) is 0 Å². The molecule has 0 spiro atoms. The summed E-state index contributed by atoms with van der Waals surface area (Å²) in [6.45, 7) is 2.80. The van der Waals surface area contributed by atoms with E-state index in [0.29, 0.717) is 11.3 Å². The molecule has 1 aliphatic heterocycles. The van der Waals surface area contributed by atoms with E-state index >= 15 is 0 Å². The summed E-state index contributed by atoms with van der Waals surface area (Å²) in [5.74, 6) is -3.68. The topological polar surface area (TPSA) is 204 Å². The molecule has 0 fully saturated rings. The number of guanidine groups is 1. The van der Waals surface area contributed by atoms with Gasteiger partial charge in [0.05, 0.1) is 33.5 Å². The number of nitrogens with zero attached hydrogens (tertiary/aromatic N) is 2. The Balaban J connectivity index is 1.37. The lowest BCUT2D eigenvalue weighted by molar-refractivity contribution is -0.139. The Hall–Kier alpha value is -4.85. The number of unbranched alkanes of at least 4 members (excludes halogenated alkanes) is 1. The summed E-state index contributed by atoms with van der Waals surface area (Å²) in [5.41, 5.74) is 18.3. The van der Waals surface area contributed by atoms with Crippen LogP contribution in [0.25, 0.3) is 11.1 Å². The van der Waals surface area contributed by atoms with E-state index < -0.39 is 42.8 Å². The molecule has 0 aromatic heterocycles. The minimum Gasteiger partial charge on any atom is -0.480 e. The molecule has 0 aliphatic carbocycles. The maximum atomic E-state index is 13.1. The second-order valence-electron chi connectivity index (χ2n) is 10.4. The summed E-state index contributed by atoms with van der Waals surface area (Å²) in [4.78, 5) is 53.7. The average molecular weight is 670 g/mol. The van der Waals surface area contributed by atoms with E-state index in [4.69, 9.17) is 34.7 Å². The molecular formula is C31H34Cl2N8O5. The molecule has 0 unspecified atom stereocenters. The van der Waals surface area contributed by atoms with Crippen molar-refractivity contribution in [2.45, 2.75) is 32.4 Å². The minimum absolute atomic E-state index is 0.0289. The lowest BCUT2D eigenvalue weighted by Gasteiger charge is -2.20. The van der Waals surface area contributed by atoms with Crippen LogP contribution in [0, 0.1) is 0 Å². The van der Waals surface area contributed by atoms with Crippen molar-refractivity contribution in [3.05, 3.63) is 81.3 Å². The molecule has 46 heavy (non-hydrogen) atoms. The van der Waals surface area contributed by atoms with E-state index in [1.165, 1.54) is 12.1 Å². The van der Waals surface area contributed by atoms with E-state index in [2.05, 4.69) is 38.3 Å². The summed E-state index contributed by atoms with van der Waals surface area (Å²) < 4.78 is 0. The highest BCUT2D eigenvalue weighted by Crippen LogP contribution is 2.35. The van der Waals surface area contributed by atoms with Crippen LogP contribution in [0.15, 0.2) is 59.6 Å². The fraction of sp³-hybridized carbons (Fsp3) is 0.258. The highest BCUT2D eigenvalue weighted by atomic mass is 35.5. The molecule has 242 valence electrons. The molecule has 3 aromatic rings. The predicted molar refractivity (Wildman–Crippen MR) is 177 cm³/mol. The van der Waals surface area contributed by atoms with Crippen molar-refractivity contribution in [1.82, 2.24) is 21.4 Å². The van der Waals surface area contributed by atoms with Crippen molar-refractivity contribution in [2.24, 2.45) is 16.5 Å². The molecule has 0 saturated heterocycles. The first-order chi connectivity index (χ1) is 22.0. The van der Waals surface area contributed by atoms with Crippen LogP contribution in [0.4, 0.5) is 11.4 Å². The largest absolute Gasteiger partial charge is 0.480 e. The number of aliphatic carboxylic acids is 1. The first-order valence-electron chi connectivity index (χ1n) is 14.4. The number of anilines is 1. The Morgan fingerprint density at radius 3 is 2.41 bits per heavy atom. The zero-order chi connectivity index (χ0) is 33.4. The van der Waals surface area contributed by atoms with Crippen LogP contribution in [0.1, 0.15) is 46.0 Å². The normalized spacial score (nSPS) is 12.5. The number of benzene rings is 3. The van der Waals surface area contributed by atoms with Crippen molar-refractivity contribution in [3.8, 4) is 11.1 Å². The third-order valence-corrected chi connectivity index (χ3v) is 7.65. The molecular weight excluding hydrogens is 635 g/mol. The molecule has 3 amide bonds. The number of rotatable bonds is 13. The summed E-state index contributed by atoms with van der Waals surface area (Å²) in [7, 11) is 0. The van der Waals surface area contributed by atoms with Gasteiger partial charge in [0.25, 0.3) is 11.8 Å². The lowest BCUT2D eigenvalue weighted by atomic mass is 10.0. The van der Waals surface area contributed by atoms with Gasteiger partial charge in [-0.1, -0.05) is 54.7 Å². The fourth-order valence-electron chi connectivity index (χ4n) is 4.72. The van der Waals surface area contributed by atoms with Crippen molar-refractivity contribution < 1.29 is 24.3 Å². The smallest absolute Gasteiger partial charge is 0.328 e. The van der Waals surface area contributed by atoms with Crippen LogP contribution in [0.5, 0.6) is 0 Å². The van der Waals surface area contributed by atoms with Crippen LogP contribution in [-0.2, 0) is 16.1 Å². The van der Waals surface area contributed by atoms with Crippen LogP contribution in [-0.4, -0.2) is 60.4 Å². The number of fused-ring (bicyclic) bond motifs is 1. The van der Waals surface area contributed by atoms with Crippen molar-refractivity contribution in [3.63, 3.8) is 0 Å². The zero-order valence-electron chi connectivity index (χ0n) is 24.9. The number of hydrogen-bond donors (Lipinski definition) is 7. The van der Waals surface area contributed by atoms with E-state index in [0.717, 1.165) is 42.7 Å². The van der Waals surface area contributed by atoms with E-state index in [-0.39, 0.29) is 27.1 Å². The van der Waals surface area contributed by atoms with Gasteiger partial charge in [0.2, 0.25) is 5.91 Å². The second-order valence-corrected chi connectivity index (χ2v) is 11.3. The van der Waals surface area contributed by atoms with Gasteiger partial charge < -0.3 is 37.5 Å². The van der Waals surface area contributed by atoms with Gasteiger partial charge in [-0.3, -0.25) is 14.4 Å². The monoisotopic (exact) mass is 668 g/mol. The number of nitrogens with one attached hydrogen (secondary N) is 4. The molecule has 0 saturated carbocycles. The van der Waals surface area contributed by atoms with Crippen molar-refractivity contribution in [1.29, 1.82) is 0 Å². The molecule has 1 heterocycles. The molecule has 13 nitrogen and oxygen atoms in total. The number of hydrazine groups is 1. The van der Waals surface area contributed by atoms with Gasteiger partial charge in [-0.05, 0) is 59.5 Å². The average Bonchev–Trinajstić information content (AvgIpc) is 3.42. The predicted octanol–water partition coefficient (Wildman–Crippen LogP) is 2.92. The SMILES string of the molecule is CCCCN1NCc2ccc(-c3cc(Cl)c(C(=O)N[C@@H](CNC(=O)CNC(=O)c4cccc(N=C(N)N)c4)C(=O)O)c(Cl)c3)cc21. The fourth-order valence-corrected chi connectivity index (χ4v) is 5.38. The Labute approximate surface area is 275 Å². The first-order valence-corrected chi connectivity index (χ1v) is 15.1. The van der Waals surface area contributed by atoms with Crippen molar-refractivity contribution >= 4 is 64.2 Å². The van der Waals surface area contributed by atoms with Crippen LogP contribution < -0.4 is 37.9 Å². The molecule has 0 bridgehead atoms. The standard InChI is InChI=1S/C31H34Cl2N8O5/c1-2-3-9-41-25-13-17(7-8-19(25)14-38-41)20-11-22(32)27(23(33)12-20)29(44)40-24(30(45)46)15-36-26(42)16-37-28(43)18-5-4-6-21(10-18)39-31(34)35/h4-8,10-13,24,38H,2-3,9,14-16H2,1H3,(H,36,42)(H,37,43)(H,40,44)(H,45,46)(H4,34,35,39)/t24-/m0/s1. The van der Waals surface area contributed by atoms with Crippen LogP contribution >= 0.6 is 23.2 Å². The number of hydrogen-bond acceptors (Lipinski definition) is 7. The third-order valence-electron chi connectivity index (χ3n) is 7.06. The number of nitrogens with two attached hydrogens (primary N) is 2. The third kappa shape index (κ3) is 8.65. The summed E-state index contributed by atoms with van der Waals surface area (Å²) >= 11 is 13.0. The molecule has 3 aromatic carbocycles. The zero-order valence-corrected chi connectivity index (χ0v) is 26.4. The highest BCUT2D eigenvalue weighted by Gasteiger charge is 2.25. The molecule has 1 aliphatic rings. The first kappa shape index (κ1) is 34.0. The van der Waals surface area contributed by atoms with Gasteiger partial charge in [-0.2, -0.15) is 0 Å². The number of carbonyl (C=O) groups excluding carboxylic acids is 3. The Bertz CT molecular complexity index is 1660. The summed E-state index contributed by atoms with van der Waals surface area (Å²) in [6, 6.07) is 13.8. The van der Waals surface area contributed by atoms with Gasteiger partial charge in [0.15, 0.2) is 5.96 Å². The Morgan fingerprint density at radius 2 is 1.74 bits per heavy atom. The Morgan fingerprint density at radius 1 is 1.00 bits per heavy atom. The minimum atomic E-state index is -1.52. The number of halogens is 2. The molecule has 0 radical (unpaired) electrons. The van der Waals surface area contributed by atoms with Gasteiger partial charge in [-0.25, -0.2) is 15.2 Å². The number of amides is 3. The number of carboxylic acids is 1. The maximum absolute atomic E-state index is 13.1. The van der Waals surface area contributed by atoms with E-state index in [1.54, 1.807) is 24.3 Å². The number of carboxylic acid groups (broad SMARTS) is 1. The molecule has 9 N–H and O–H groups in total. The number of carbonyl (C=O) groups is 4. The second kappa shape index (κ2) is 15.4. The van der Waals surface area contributed by atoms with Gasteiger partial charge >= 0.3 is 5.97 Å². The van der Waals surface area contributed by atoms with E-state index in [1.807, 2.05) is 18.2 Å². The van der Waals surface area contributed by atoms with Crippen LogP contribution in [0.2, 0.25) is 10.0 Å². The summed E-state index contributed by atoms with van der Waals surface area (Å²) in [6.07, 6.45) is 2.10.